The van der Waals surface area contributed by atoms with Gasteiger partial charge in [-0.1, -0.05) is 66.7 Å². The van der Waals surface area contributed by atoms with Crippen LogP contribution in [-0.2, 0) is 11.4 Å². The molecule has 0 aliphatic heterocycles. The van der Waals surface area contributed by atoms with Gasteiger partial charge in [0.1, 0.15) is 23.8 Å². The molecule has 1 N–H and O–H groups in total. The Kier molecular flexibility index (Phi) is 7.86. The van der Waals surface area contributed by atoms with Crippen molar-refractivity contribution >= 4 is 12.1 Å². The fraction of sp³-hybridized carbons (Fsp3) is 0.0645. The van der Waals surface area contributed by atoms with Gasteiger partial charge < -0.3 is 9.47 Å². The Morgan fingerprint density at radius 2 is 1.42 bits per heavy atom. The van der Waals surface area contributed by atoms with Crippen LogP contribution in [0, 0.1) is 0 Å². The zero-order valence-electron chi connectivity index (χ0n) is 20.6. The number of nitrogens with one attached hydrogen (secondary N) is 1. The van der Waals surface area contributed by atoms with E-state index < -0.39 is 0 Å². The molecule has 0 radical (unpaired) electrons. The minimum absolute atomic E-state index is 0.137. The SMILES string of the molecule is O=C(COc1ccccc1)NN=Cc1cn(-c2ccccc2)nc1-c1ccc(OCc2ccccc2)cc1. The molecule has 0 saturated heterocycles. The van der Waals surface area contributed by atoms with Gasteiger partial charge in [-0.2, -0.15) is 10.2 Å². The van der Waals surface area contributed by atoms with Crippen molar-refractivity contribution in [3.8, 4) is 28.4 Å². The fourth-order valence-electron chi connectivity index (χ4n) is 3.74. The maximum Gasteiger partial charge on any atom is 0.277 e. The molecule has 1 aromatic heterocycles. The van der Waals surface area contributed by atoms with E-state index in [1.54, 1.807) is 23.0 Å². The molecule has 5 rings (SSSR count). The zero-order chi connectivity index (χ0) is 26.0. The Bertz CT molecular complexity index is 1480. The molecule has 0 spiro atoms. The van der Waals surface area contributed by atoms with Crippen LogP contribution in [0.2, 0.25) is 0 Å². The van der Waals surface area contributed by atoms with Gasteiger partial charge >= 0.3 is 0 Å². The summed E-state index contributed by atoms with van der Waals surface area (Å²) < 4.78 is 13.2. The Labute approximate surface area is 221 Å². The number of carbonyl (C=O) groups is 1. The Morgan fingerprint density at radius 1 is 0.789 bits per heavy atom. The van der Waals surface area contributed by atoms with Crippen LogP contribution in [-0.4, -0.2) is 28.5 Å². The minimum atomic E-state index is -0.359. The first-order valence-electron chi connectivity index (χ1n) is 12.2. The van der Waals surface area contributed by atoms with Crippen molar-refractivity contribution in [2.24, 2.45) is 5.10 Å². The number of aromatic nitrogens is 2. The van der Waals surface area contributed by atoms with Crippen molar-refractivity contribution < 1.29 is 14.3 Å². The van der Waals surface area contributed by atoms with Crippen molar-refractivity contribution in [1.29, 1.82) is 0 Å². The largest absolute Gasteiger partial charge is 0.489 e. The number of rotatable bonds is 10. The van der Waals surface area contributed by atoms with Crippen molar-refractivity contribution in [2.75, 3.05) is 6.61 Å². The number of hydrogen-bond acceptors (Lipinski definition) is 5. The van der Waals surface area contributed by atoms with Crippen molar-refractivity contribution in [2.45, 2.75) is 6.61 Å². The van der Waals surface area contributed by atoms with Crippen molar-refractivity contribution in [1.82, 2.24) is 15.2 Å². The Hall–Kier alpha value is -5.17. The molecule has 0 aliphatic rings. The topological polar surface area (TPSA) is 77.7 Å². The second-order valence-corrected chi connectivity index (χ2v) is 8.41. The van der Waals surface area contributed by atoms with Crippen LogP contribution >= 0.6 is 0 Å². The summed E-state index contributed by atoms with van der Waals surface area (Å²) in [5, 5.41) is 8.94. The lowest BCUT2D eigenvalue weighted by Crippen LogP contribution is -2.24. The highest BCUT2D eigenvalue weighted by molar-refractivity contribution is 5.89. The first-order valence-corrected chi connectivity index (χ1v) is 12.2. The molecule has 0 atom stereocenters. The number of hydrogen-bond donors (Lipinski definition) is 1. The molecule has 7 heteroatoms. The van der Waals surface area contributed by atoms with Gasteiger partial charge in [0.25, 0.3) is 5.91 Å². The average molecular weight is 503 g/mol. The summed E-state index contributed by atoms with van der Waals surface area (Å²) in [5.74, 6) is 1.03. The standard InChI is InChI=1S/C31H26N4O3/c36-30(23-38-28-14-8-3-9-15-28)33-32-20-26-21-35(27-12-6-2-7-13-27)34-31(26)25-16-18-29(19-17-25)37-22-24-10-4-1-5-11-24/h1-21H,22-23H2,(H,33,36). The van der Waals surface area contributed by atoms with E-state index in [0.29, 0.717) is 12.4 Å². The normalized spacial score (nSPS) is 10.8. The molecule has 0 bridgehead atoms. The number of nitrogens with zero attached hydrogens (tertiary/aromatic N) is 3. The van der Waals surface area contributed by atoms with E-state index in [1.807, 2.05) is 109 Å². The van der Waals surface area contributed by atoms with Crippen LogP contribution in [0.5, 0.6) is 11.5 Å². The van der Waals surface area contributed by atoms with Gasteiger partial charge in [-0.05, 0) is 54.1 Å². The van der Waals surface area contributed by atoms with E-state index in [4.69, 9.17) is 14.6 Å². The molecular weight excluding hydrogens is 476 g/mol. The summed E-state index contributed by atoms with van der Waals surface area (Å²) in [4.78, 5) is 12.2. The highest BCUT2D eigenvalue weighted by Crippen LogP contribution is 2.25. The molecule has 7 nitrogen and oxygen atoms in total. The van der Waals surface area contributed by atoms with E-state index in [-0.39, 0.29) is 12.5 Å². The quantitative estimate of drug-likeness (QED) is 0.198. The zero-order valence-corrected chi connectivity index (χ0v) is 20.6. The maximum absolute atomic E-state index is 12.2. The Morgan fingerprint density at radius 3 is 2.13 bits per heavy atom. The number of hydrazone groups is 1. The lowest BCUT2D eigenvalue weighted by atomic mass is 10.1. The molecule has 1 heterocycles. The predicted molar refractivity (Wildman–Crippen MR) is 147 cm³/mol. The summed E-state index contributed by atoms with van der Waals surface area (Å²) in [6.45, 7) is 0.357. The molecule has 188 valence electrons. The van der Waals surface area contributed by atoms with Crippen molar-refractivity contribution in [3.05, 3.63) is 133 Å². The van der Waals surface area contributed by atoms with E-state index in [9.17, 15) is 4.79 Å². The van der Waals surface area contributed by atoms with E-state index >= 15 is 0 Å². The molecule has 1 amide bonds. The van der Waals surface area contributed by atoms with E-state index in [1.165, 1.54) is 0 Å². The molecule has 0 unspecified atom stereocenters. The summed E-state index contributed by atoms with van der Waals surface area (Å²) in [5.41, 5.74) is 6.90. The van der Waals surface area contributed by atoms with Gasteiger partial charge in [-0.25, -0.2) is 10.1 Å². The second kappa shape index (κ2) is 12.2. The second-order valence-electron chi connectivity index (χ2n) is 8.41. The molecular formula is C31H26N4O3. The summed E-state index contributed by atoms with van der Waals surface area (Å²) in [6, 6.07) is 36.8. The number of carbonyl (C=O) groups excluding carboxylic acids is 1. The van der Waals surface area contributed by atoms with Crippen LogP contribution < -0.4 is 14.9 Å². The summed E-state index contributed by atoms with van der Waals surface area (Å²) >= 11 is 0. The fourth-order valence-corrected chi connectivity index (χ4v) is 3.74. The molecule has 0 aliphatic carbocycles. The van der Waals surface area contributed by atoms with Gasteiger partial charge in [-0.15, -0.1) is 0 Å². The molecule has 0 fully saturated rings. The third-order valence-electron chi connectivity index (χ3n) is 5.65. The van der Waals surface area contributed by atoms with E-state index in [0.717, 1.165) is 33.8 Å². The lowest BCUT2D eigenvalue weighted by Gasteiger charge is -2.07. The number of amides is 1. The van der Waals surface area contributed by atoms with Gasteiger partial charge in [0, 0.05) is 17.3 Å². The number of benzene rings is 4. The summed E-state index contributed by atoms with van der Waals surface area (Å²) in [6.07, 6.45) is 3.46. The Balaban J connectivity index is 1.30. The smallest absolute Gasteiger partial charge is 0.277 e. The molecule has 4 aromatic carbocycles. The monoisotopic (exact) mass is 502 g/mol. The van der Waals surface area contributed by atoms with Crippen LogP contribution in [0.25, 0.3) is 16.9 Å². The third-order valence-corrected chi connectivity index (χ3v) is 5.65. The first-order chi connectivity index (χ1) is 18.7. The number of ether oxygens (including phenoxy) is 2. The molecule has 0 saturated carbocycles. The van der Waals surface area contributed by atoms with E-state index in [2.05, 4.69) is 10.5 Å². The van der Waals surface area contributed by atoms with Crippen LogP contribution in [0.1, 0.15) is 11.1 Å². The van der Waals surface area contributed by atoms with Gasteiger partial charge in [-0.3, -0.25) is 4.79 Å². The minimum Gasteiger partial charge on any atom is -0.489 e. The van der Waals surface area contributed by atoms with Gasteiger partial charge in [0.2, 0.25) is 0 Å². The van der Waals surface area contributed by atoms with Gasteiger partial charge in [0.15, 0.2) is 6.61 Å². The highest BCUT2D eigenvalue weighted by atomic mass is 16.5. The third kappa shape index (κ3) is 6.53. The summed E-state index contributed by atoms with van der Waals surface area (Å²) in [7, 11) is 0. The highest BCUT2D eigenvalue weighted by Gasteiger charge is 2.12. The van der Waals surface area contributed by atoms with Gasteiger partial charge in [0.05, 0.1) is 11.9 Å². The van der Waals surface area contributed by atoms with Crippen LogP contribution in [0.4, 0.5) is 0 Å². The maximum atomic E-state index is 12.2. The lowest BCUT2D eigenvalue weighted by molar-refractivity contribution is -0.123. The van der Waals surface area contributed by atoms with Crippen molar-refractivity contribution in [3.63, 3.8) is 0 Å². The number of para-hydroxylation sites is 2. The van der Waals surface area contributed by atoms with Crippen LogP contribution in [0.3, 0.4) is 0 Å². The molecule has 38 heavy (non-hydrogen) atoms. The first kappa shape index (κ1) is 24.5. The predicted octanol–water partition coefficient (Wildman–Crippen LogP) is 5.65. The average Bonchev–Trinajstić information content (AvgIpc) is 3.41. The van der Waals surface area contributed by atoms with Crippen LogP contribution in [0.15, 0.2) is 127 Å². The molecule has 5 aromatic rings.